The summed E-state index contributed by atoms with van der Waals surface area (Å²) in [7, 11) is 0. The van der Waals surface area contributed by atoms with Crippen molar-refractivity contribution in [3.63, 3.8) is 0 Å². The van der Waals surface area contributed by atoms with Gasteiger partial charge in [0.25, 0.3) is 0 Å². The van der Waals surface area contributed by atoms with Gasteiger partial charge >= 0.3 is 0 Å². The molecule has 0 aliphatic carbocycles. The molecule has 0 aromatic heterocycles. The third kappa shape index (κ3) is 6.82. The highest BCUT2D eigenvalue weighted by Crippen LogP contribution is 2.18. The summed E-state index contributed by atoms with van der Waals surface area (Å²) in [5, 5.41) is 12.7. The Bertz CT molecular complexity index is 380. The van der Waals surface area contributed by atoms with Crippen LogP contribution in [0.2, 0.25) is 0 Å². The van der Waals surface area contributed by atoms with Gasteiger partial charge in [0.2, 0.25) is 0 Å². The van der Waals surface area contributed by atoms with Gasteiger partial charge in [-0.15, -0.1) is 0 Å². The fourth-order valence-electron chi connectivity index (χ4n) is 2.15. The van der Waals surface area contributed by atoms with Crippen molar-refractivity contribution in [1.29, 1.82) is 0 Å². The number of hydrogen-bond acceptors (Lipinski definition) is 4. The van der Waals surface area contributed by atoms with E-state index in [1.807, 2.05) is 38.1 Å². The second kappa shape index (κ2) is 9.64. The molecule has 0 aliphatic rings. The minimum Gasteiger partial charge on any atom is -0.494 e. The molecule has 0 amide bonds. The van der Waals surface area contributed by atoms with Gasteiger partial charge in [0.1, 0.15) is 11.5 Å². The lowest BCUT2D eigenvalue weighted by Crippen LogP contribution is -2.45. The number of benzene rings is 1. The van der Waals surface area contributed by atoms with Gasteiger partial charge in [-0.2, -0.15) is 0 Å². The van der Waals surface area contributed by atoms with Crippen molar-refractivity contribution >= 4 is 0 Å². The van der Waals surface area contributed by atoms with E-state index < -0.39 is 0 Å². The van der Waals surface area contributed by atoms with Crippen LogP contribution in [0, 0.1) is 0 Å². The smallest absolute Gasteiger partial charge is 0.119 e. The van der Waals surface area contributed by atoms with Crippen molar-refractivity contribution < 1.29 is 14.6 Å². The number of nitrogens with one attached hydrogen (secondary N) is 1. The molecular formula is C17H29NO3. The number of aliphatic hydroxyl groups excluding tert-OH is 1. The first-order valence-electron chi connectivity index (χ1n) is 7.85. The topological polar surface area (TPSA) is 50.7 Å². The fraction of sp³-hybridized carbons (Fsp3) is 0.647. The monoisotopic (exact) mass is 295 g/mol. The molecule has 0 aliphatic heterocycles. The Balaban J connectivity index is 2.29. The van der Waals surface area contributed by atoms with E-state index in [0.29, 0.717) is 6.61 Å². The second-order valence-electron chi connectivity index (χ2n) is 5.52. The Hall–Kier alpha value is -1.26. The van der Waals surface area contributed by atoms with Crippen molar-refractivity contribution in [2.75, 3.05) is 26.4 Å². The zero-order valence-electron chi connectivity index (χ0n) is 13.5. The van der Waals surface area contributed by atoms with Crippen LogP contribution in [0.25, 0.3) is 0 Å². The molecule has 0 saturated carbocycles. The Morgan fingerprint density at radius 1 is 1.05 bits per heavy atom. The molecule has 0 radical (unpaired) electrons. The lowest BCUT2D eigenvalue weighted by molar-refractivity contribution is 0.158. The Kier molecular flexibility index (Phi) is 8.16. The van der Waals surface area contributed by atoms with Crippen molar-refractivity contribution in [2.24, 2.45) is 0 Å². The van der Waals surface area contributed by atoms with E-state index >= 15 is 0 Å². The summed E-state index contributed by atoms with van der Waals surface area (Å²) in [6, 6.07) is 7.73. The quantitative estimate of drug-likeness (QED) is 0.616. The highest BCUT2D eigenvalue weighted by atomic mass is 16.5. The molecule has 2 N–H and O–H groups in total. The van der Waals surface area contributed by atoms with Crippen LogP contribution in [0.1, 0.15) is 40.0 Å². The van der Waals surface area contributed by atoms with E-state index in [1.54, 1.807) is 0 Å². The SMILES string of the molecule is CCCOc1ccc(OCCCC(C)(CO)NCC)cc1. The molecule has 21 heavy (non-hydrogen) atoms. The third-order valence-corrected chi connectivity index (χ3v) is 3.39. The van der Waals surface area contributed by atoms with Gasteiger partial charge in [0.05, 0.1) is 19.8 Å². The highest BCUT2D eigenvalue weighted by molar-refractivity contribution is 5.31. The Morgan fingerprint density at radius 2 is 1.62 bits per heavy atom. The van der Waals surface area contributed by atoms with Gasteiger partial charge in [-0.05, 0) is 57.0 Å². The molecule has 4 heteroatoms. The normalized spacial score (nSPS) is 13.7. The van der Waals surface area contributed by atoms with Crippen LogP contribution < -0.4 is 14.8 Å². The number of rotatable bonds is 11. The van der Waals surface area contributed by atoms with E-state index in [0.717, 1.165) is 43.9 Å². The first-order valence-corrected chi connectivity index (χ1v) is 7.85. The molecule has 120 valence electrons. The van der Waals surface area contributed by atoms with Crippen molar-refractivity contribution in [2.45, 2.75) is 45.6 Å². The molecule has 1 rings (SSSR count). The standard InChI is InChI=1S/C17H29NO3/c1-4-12-20-15-7-9-16(10-8-15)21-13-6-11-17(3,14-19)18-5-2/h7-10,18-19H,4-6,11-14H2,1-3H3. The van der Waals surface area contributed by atoms with Crippen molar-refractivity contribution in [3.8, 4) is 11.5 Å². The van der Waals surface area contributed by atoms with E-state index in [4.69, 9.17) is 9.47 Å². The zero-order valence-corrected chi connectivity index (χ0v) is 13.5. The maximum atomic E-state index is 9.42. The maximum Gasteiger partial charge on any atom is 0.119 e. The third-order valence-electron chi connectivity index (χ3n) is 3.39. The second-order valence-corrected chi connectivity index (χ2v) is 5.52. The van der Waals surface area contributed by atoms with Crippen LogP contribution in [0.3, 0.4) is 0 Å². The predicted octanol–water partition coefficient (Wildman–Crippen LogP) is 2.99. The van der Waals surface area contributed by atoms with Crippen LogP contribution >= 0.6 is 0 Å². The number of aliphatic hydroxyl groups is 1. The minimum atomic E-state index is -0.212. The van der Waals surface area contributed by atoms with Crippen molar-refractivity contribution in [3.05, 3.63) is 24.3 Å². The summed E-state index contributed by atoms with van der Waals surface area (Å²) >= 11 is 0. The van der Waals surface area contributed by atoms with Crippen LogP contribution in [0.15, 0.2) is 24.3 Å². The lowest BCUT2D eigenvalue weighted by Gasteiger charge is -2.28. The molecule has 1 atom stereocenters. The first-order chi connectivity index (χ1) is 10.1. The summed E-state index contributed by atoms with van der Waals surface area (Å²) in [6.07, 6.45) is 2.79. The summed E-state index contributed by atoms with van der Waals surface area (Å²) in [4.78, 5) is 0. The summed E-state index contributed by atoms with van der Waals surface area (Å²) < 4.78 is 11.2. The van der Waals surface area contributed by atoms with Crippen LogP contribution in [-0.2, 0) is 0 Å². The Morgan fingerprint density at radius 3 is 2.10 bits per heavy atom. The van der Waals surface area contributed by atoms with Crippen LogP contribution in [-0.4, -0.2) is 37.0 Å². The predicted molar refractivity (Wildman–Crippen MR) is 86.1 cm³/mol. The molecule has 0 saturated heterocycles. The van der Waals surface area contributed by atoms with Crippen LogP contribution in [0.4, 0.5) is 0 Å². The minimum absolute atomic E-state index is 0.143. The molecule has 0 heterocycles. The Labute approximate surface area is 128 Å². The molecule has 4 nitrogen and oxygen atoms in total. The van der Waals surface area contributed by atoms with E-state index in [-0.39, 0.29) is 12.1 Å². The summed E-state index contributed by atoms with van der Waals surface area (Å²) in [6.45, 7) is 8.57. The molecule has 1 aromatic rings. The molecule has 0 bridgehead atoms. The largest absolute Gasteiger partial charge is 0.494 e. The fourth-order valence-corrected chi connectivity index (χ4v) is 2.15. The number of likely N-dealkylation sites (N-methyl/N-ethyl adjacent to an activating group) is 1. The average molecular weight is 295 g/mol. The van der Waals surface area contributed by atoms with Gasteiger partial charge in [-0.3, -0.25) is 0 Å². The average Bonchev–Trinajstić information content (AvgIpc) is 2.51. The summed E-state index contributed by atoms with van der Waals surface area (Å²) in [5.74, 6) is 1.73. The molecule has 0 fully saturated rings. The van der Waals surface area contributed by atoms with E-state index in [2.05, 4.69) is 12.2 Å². The summed E-state index contributed by atoms with van der Waals surface area (Å²) in [5.41, 5.74) is -0.212. The number of hydrogen-bond donors (Lipinski definition) is 2. The van der Waals surface area contributed by atoms with E-state index in [9.17, 15) is 5.11 Å². The van der Waals surface area contributed by atoms with Gasteiger partial charge in [-0.1, -0.05) is 13.8 Å². The van der Waals surface area contributed by atoms with Crippen molar-refractivity contribution in [1.82, 2.24) is 5.32 Å². The number of ether oxygens (including phenoxy) is 2. The first kappa shape index (κ1) is 17.8. The van der Waals surface area contributed by atoms with E-state index in [1.165, 1.54) is 0 Å². The molecular weight excluding hydrogens is 266 g/mol. The van der Waals surface area contributed by atoms with Gasteiger partial charge in [0, 0.05) is 5.54 Å². The van der Waals surface area contributed by atoms with Gasteiger partial charge in [-0.25, -0.2) is 0 Å². The van der Waals surface area contributed by atoms with Gasteiger partial charge in [0.15, 0.2) is 0 Å². The van der Waals surface area contributed by atoms with Crippen LogP contribution in [0.5, 0.6) is 11.5 Å². The van der Waals surface area contributed by atoms with Gasteiger partial charge < -0.3 is 19.9 Å². The zero-order chi connectivity index (χ0) is 15.6. The lowest BCUT2D eigenvalue weighted by atomic mass is 9.97. The molecule has 1 aromatic carbocycles. The molecule has 0 spiro atoms. The highest BCUT2D eigenvalue weighted by Gasteiger charge is 2.20. The molecule has 1 unspecified atom stereocenters. The maximum absolute atomic E-state index is 9.42.